The average molecular weight is 484 g/mol. The quantitative estimate of drug-likeness (QED) is 0.364. The summed E-state index contributed by atoms with van der Waals surface area (Å²) in [5.74, 6) is -2.03. The van der Waals surface area contributed by atoms with Gasteiger partial charge in [-0.3, -0.25) is 28.8 Å². The van der Waals surface area contributed by atoms with Crippen molar-refractivity contribution in [1.29, 1.82) is 0 Å². The van der Waals surface area contributed by atoms with Gasteiger partial charge in [-0.1, -0.05) is 24.3 Å². The zero-order chi connectivity index (χ0) is 25.7. The summed E-state index contributed by atoms with van der Waals surface area (Å²) in [4.78, 5) is 74.1. The molecule has 0 saturated carbocycles. The van der Waals surface area contributed by atoms with Crippen LogP contribution in [0.5, 0.6) is 0 Å². The van der Waals surface area contributed by atoms with Crippen LogP contribution in [0.1, 0.15) is 11.1 Å². The molecule has 2 aromatic heterocycles. The molecule has 10 heteroatoms. The molecule has 5 rings (SSSR count). The summed E-state index contributed by atoms with van der Waals surface area (Å²) < 4.78 is 1.83. The fourth-order valence-corrected chi connectivity index (χ4v) is 4.32. The van der Waals surface area contributed by atoms with Gasteiger partial charge in [-0.15, -0.1) is 0 Å². The lowest BCUT2D eigenvalue weighted by molar-refractivity contribution is -0.137. The molecule has 0 unspecified atom stereocenters. The van der Waals surface area contributed by atoms with Crippen molar-refractivity contribution >= 4 is 33.5 Å². The third kappa shape index (κ3) is 3.61. The predicted octanol–water partition coefficient (Wildman–Crippen LogP) is 1.14. The molecule has 0 atom stereocenters. The Morgan fingerprint density at radius 2 is 0.806 bits per heavy atom. The van der Waals surface area contributed by atoms with E-state index < -0.39 is 34.2 Å². The fraction of sp³-hybridized carbons (Fsp3) is 0.0769. The van der Waals surface area contributed by atoms with Gasteiger partial charge in [-0.25, -0.2) is 9.13 Å². The summed E-state index contributed by atoms with van der Waals surface area (Å²) >= 11 is 0. The molecule has 0 aliphatic heterocycles. The molecule has 178 valence electrons. The van der Waals surface area contributed by atoms with Gasteiger partial charge in [-0.2, -0.15) is 0 Å². The van der Waals surface area contributed by atoms with Crippen LogP contribution in [0.15, 0.2) is 79.8 Å². The Bertz CT molecular complexity index is 1690. The van der Waals surface area contributed by atoms with Crippen molar-refractivity contribution in [1.82, 2.24) is 9.13 Å². The van der Waals surface area contributed by atoms with Crippen LogP contribution in [-0.2, 0) is 22.4 Å². The Hall–Kier alpha value is -5.12. The maximum atomic E-state index is 13.1. The third-order valence-electron chi connectivity index (χ3n) is 5.99. The predicted molar refractivity (Wildman–Crippen MR) is 130 cm³/mol. The minimum atomic E-state index is -1.02. The van der Waals surface area contributed by atoms with Crippen LogP contribution in [0.4, 0.5) is 0 Å². The van der Waals surface area contributed by atoms with Crippen molar-refractivity contribution in [2.24, 2.45) is 0 Å². The highest BCUT2D eigenvalue weighted by Crippen LogP contribution is 2.18. The van der Waals surface area contributed by atoms with Crippen LogP contribution in [0, 0.1) is 0 Å². The number of fused-ring (bicyclic) bond motifs is 2. The SMILES string of the molecule is O=C(O)Cc1ccc(-n2c(=O)c3cc4c(=O)n(-c5ccc(CC(=O)O)cc5)c(=O)c4cc3c2=O)cc1. The number of carbonyl (C=O) groups is 2. The van der Waals surface area contributed by atoms with Crippen molar-refractivity contribution in [2.75, 3.05) is 0 Å². The van der Waals surface area contributed by atoms with Crippen LogP contribution >= 0.6 is 0 Å². The van der Waals surface area contributed by atoms with Crippen molar-refractivity contribution < 1.29 is 19.8 Å². The van der Waals surface area contributed by atoms with Crippen LogP contribution in [0.2, 0.25) is 0 Å². The molecule has 0 amide bonds. The lowest BCUT2D eigenvalue weighted by Crippen LogP contribution is -2.24. The molecule has 10 nitrogen and oxygen atoms in total. The maximum Gasteiger partial charge on any atom is 0.307 e. The third-order valence-corrected chi connectivity index (χ3v) is 5.99. The van der Waals surface area contributed by atoms with Crippen molar-refractivity contribution in [2.45, 2.75) is 12.8 Å². The molecule has 0 radical (unpaired) electrons. The standard InChI is InChI=1S/C26H16N2O8/c29-21(30)9-13-1-5-15(6-2-13)27-23(33)17-11-19-20(12-18(17)24(27)34)26(36)28(25(19)35)16-7-3-14(4-8-16)10-22(31)32/h1-8,11-12H,9-10H2,(H,29,30)(H,31,32). The van der Waals surface area contributed by atoms with E-state index in [1.165, 1.54) is 60.7 Å². The number of aromatic nitrogens is 2. The second-order valence-electron chi connectivity index (χ2n) is 8.31. The van der Waals surface area contributed by atoms with Crippen LogP contribution in [0.25, 0.3) is 32.9 Å². The minimum Gasteiger partial charge on any atom is -0.481 e. The van der Waals surface area contributed by atoms with Crippen LogP contribution in [-0.4, -0.2) is 31.3 Å². The Kier molecular flexibility index (Phi) is 5.21. The molecule has 0 fully saturated rings. The molecule has 0 aliphatic rings. The first kappa shape index (κ1) is 22.7. The lowest BCUT2D eigenvalue weighted by Gasteiger charge is -2.02. The number of carboxylic acids is 2. The monoisotopic (exact) mass is 484 g/mol. The van der Waals surface area contributed by atoms with E-state index in [0.717, 1.165) is 9.13 Å². The molecule has 2 heterocycles. The number of carboxylic acid groups (broad SMARTS) is 2. The first-order valence-corrected chi connectivity index (χ1v) is 10.7. The Morgan fingerprint density at radius 1 is 0.528 bits per heavy atom. The number of benzene rings is 3. The van der Waals surface area contributed by atoms with E-state index in [4.69, 9.17) is 10.2 Å². The number of hydrogen-bond acceptors (Lipinski definition) is 6. The van der Waals surface area contributed by atoms with Crippen molar-refractivity contribution in [3.63, 3.8) is 0 Å². The van der Waals surface area contributed by atoms with Crippen LogP contribution < -0.4 is 22.2 Å². The summed E-state index contributed by atoms with van der Waals surface area (Å²) in [7, 11) is 0. The maximum absolute atomic E-state index is 13.1. The molecule has 0 saturated heterocycles. The summed E-state index contributed by atoms with van der Waals surface area (Å²) in [5, 5.41) is 17.7. The zero-order valence-corrected chi connectivity index (χ0v) is 18.4. The van der Waals surface area contributed by atoms with Gasteiger partial charge >= 0.3 is 11.9 Å². The van der Waals surface area contributed by atoms with Gasteiger partial charge < -0.3 is 10.2 Å². The number of aliphatic carboxylic acids is 2. The van der Waals surface area contributed by atoms with E-state index in [9.17, 15) is 28.8 Å². The van der Waals surface area contributed by atoms with Crippen molar-refractivity contribution in [3.05, 3.63) is 113 Å². The van der Waals surface area contributed by atoms with Gasteiger partial charge in [0.25, 0.3) is 22.2 Å². The van der Waals surface area contributed by atoms with Gasteiger partial charge in [0.1, 0.15) is 0 Å². The van der Waals surface area contributed by atoms with Gasteiger partial charge in [-0.05, 0) is 47.5 Å². The molecule has 5 aromatic rings. The Labute approximate surface area is 200 Å². The molecule has 0 spiro atoms. The van der Waals surface area contributed by atoms with Crippen molar-refractivity contribution in [3.8, 4) is 11.4 Å². The second kappa shape index (κ2) is 8.27. The summed E-state index contributed by atoms with van der Waals surface area (Å²) in [6, 6.07) is 14.3. The molecule has 0 aliphatic carbocycles. The molecular formula is C26H16N2O8. The summed E-state index contributed by atoms with van der Waals surface area (Å²) in [6.45, 7) is 0. The highest BCUT2D eigenvalue weighted by molar-refractivity contribution is 5.98. The number of hydrogen-bond donors (Lipinski definition) is 2. The van der Waals surface area contributed by atoms with E-state index in [1.54, 1.807) is 0 Å². The van der Waals surface area contributed by atoms with E-state index >= 15 is 0 Å². The smallest absolute Gasteiger partial charge is 0.307 e. The molecule has 2 N–H and O–H groups in total. The van der Waals surface area contributed by atoms with Gasteiger partial charge in [0, 0.05) is 0 Å². The Morgan fingerprint density at radius 3 is 1.06 bits per heavy atom. The molecular weight excluding hydrogens is 468 g/mol. The summed E-state index contributed by atoms with van der Waals surface area (Å²) in [5.41, 5.74) is -1.21. The highest BCUT2D eigenvalue weighted by atomic mass is 16.4. The fourth-order valence-electron chi connectivity index (χ4n) is 4.32. The minimum absolute atomic E-state index is 0.0202. The number of rotatable bonds is 6. The molecule has 36 heavy (non-hydrogen) atoms. The van der Waals surface area contributed by atoms with Gasteiger partial charge in [0.15, 0.2) is 0 Å². The Balaban J connectivity index is 1.65. The van der Waals surface area contributed by atoms with E-state index in [0.29, 0.717) is 11.1 Å². The lowest BCUT2D eigenvalue weighted by atomic mass is 10.1. The van der Waals surface area contributed by atoms with E-state index in [-0.39, 0.29) is 45.8 Å². The largest absolute Gasteiger partial charge is 0.481 e. The zero-order valence-electron chi connectivity index (χ0n) is 18.4. The highest BCUT2D eigenvalue weighted by Gasteiger charge is 2.21. The van der Waals surface area contributed by atoms with Gasteiger partial charge in [0.05, 0.1) is 45.8 Å². The summed E-state index contributed by atoms with van der Waals surface area (Å²) in [6.07, 6.45) is -0.420. The van der Waals surface area contributed by atoms with E-state index in [2.05, 4.69) is 0 Å². The molecule has 3 aromatic carbocycles. The number of nitrogens with zero attached hydrogens (tertiary/aromatic N) is 2. The normalized spacial score (nSPS) is 11.3. The first-order chi connectivity index (χ1) is 17.2. The average Bonchev–Trinajstić information content (AvgIpc) is 3.22. The molecule has 0 bridgehead atoms. The van der Waals surface area contributed by atoms with E-state index in [1.807, 2.05) is 0 Å². The van der Waals surface area contributed by atoms with Gasteiger partial charge in [0.2, 0.25) is 0 Å². The second-order valence-corrected chi connectivity index (χ2v) is 8.31. The van der Waals surface area contributed by atoms with Crippen LogP contribution in [0.3, 0.4) is 0 Å². The first-order valence-electron chi connectivity index (χ1n) is 10.7. The topological polar surface area (TPSA) is 153 Å².